The summed E-state index contributed by atoms with van der Waals surface area (Å²) in [6.45, 7) is 3.36. The van der Waals surface area contributed by atoms with Crippen LogP contribution in [0.3, 0.4) is 0 Å². The molecule has 2 heterocycles. The van der Waals surface area contributed by atoms with E-state index in [2.05, 4.69) is 25.0 Å². The first kappa shape index (κ1) is 21.5. The fourth-order valence-corrected chi connectivity index (χ4v) is 2.69. The zero-order chi connectivity index (χ0) is 21.6. The quantitative estimate of drug-likeness (QED) is 0.419. The summed E-state index contributed by atoms with van der Waals surface area (Å²) in [6.07, 6.45) is 4.53. The molecule has 1 fully saturated rings. The molecule has 1 aromatic heterocycles. The normalized spacial score (nSPS) is 15.6. The SMILES string of the molecule is CC(F)(F)c1cc(N=CC(COc2ncc(N3CCOCC3)cn2)=NN)ccc1F. The Morgan fingerprint density at radius 2 is 2.00 bits per heavy atom. The molecular weight excluding hydrogens is 401 g/mol. The Hall–Kier alpha value is -3.21. The van der Waals surface area contributed by atoms with Gasteiger partial charge < -0.3 is 20.2 Å². The second kappa shape index (κ2) is 9.53. The van der Waals surface area contributed by atoms with Crippen LogP contribution >= 0.6 is 0 Å². The second-order valence-electron chi connectivity index (χ2n) is 6.54. The molecule has 1 aliphatic heterocycles. The van der Waals surface area contributed by atoms with Crippen molar-refractivity contribution in [1.29, 1.82) is 0 Å². The number of benzene rings is 1. The van der Waals surface area contributed by atoms with E-state index in [4.69, 9.17) is 15.3 Å². The molecule has 0 spiro atoms. The highest BCUT2D eigenvalue weighted by molar-refractivity contribution is 6.31. The highest BCUT2D eigenvalue weighted by Gasteiger charge is 2.28. The van der Waals surface area contributed by atoms with Crippen molar-refractivity contribution in [2.75, 3.05) is 37.8 Å². The zero-order valence-corrected chi connectivity index (χ0v) is 16.3. The molecule has 1 saturated heterocycles. The Labute approximate surface area is 171 Å². The molecule has 1 aromatic carbocycles. The smallest absolute Gasteiger partial charge is 0.316 e. The van der Waals surface area contributed by atoms with Gasteiger partial charge in [-0.05, 0) is 18.2 Å². The lowest BCUT2D eigenvalue weighted by atomic mass is 10.1. The second-order valence-corrected chi connectivity index (χ2v) is 6.54. The van der Waals surface area contributed by atoms with Crippen LogP contribution in [0.4, 0.5) is 24.5 Å². The minimum Gasteiger partial charge on any atom is -0.457 e. The van der Waals surface area contributed by atoms with E-state index in [9.17, 15) is 13.2 Å². The molecule has 0 aliphatic carbocycles. The number of anilines is 1. The Morgan fingerprint density at radius 3 is 2.63 bits per heavy atom. The molecule has 0 atom stereocenters. The van der Waals surface area contributed by atoms with Gasteiger partial charge in [-0.3, -0.25) is 4.99 Å². The lowest BCUT2D eigenvalue weighted by molar-refractivity contribution is 0.0138. The Morgan fingerprint density at radius 1 is 1.30 bits per heavy atom. The molecule has 0 amide bonds. The fourth-order valence-electron chi connectivity index (χ4n) is 2.69. The molecule has 8 nitrogen and oxygen atoms in total. The third kappa shape index (κ3) is 5.66. The maximum Gasteiger partial charge on any atom is 0.316 e. The van der Waals surface area contributed by atoms with E-state index >= 15 is 0 Å². The number of ether oxygens (including phenoxy) is 2. The fraction of sp³-hybridized carbons (Fsp3) is 0.368. The van der Waals surface area contributed by atoms with Crippen molar-refractivity contribution in [3.63, 3.8) is 0 Å². The van der Waals surface area contributed by atoms with Gasteiger partial charge in [-0.15, -0.1) is 0 Å². The van der Waals surface area contributed by atoms with Crippen LogP contribution in [0.15, 0.2) is 40.7 Å². The summed E-state index contributed by atoms with van der Waals surface area (Å²) in [4.78, 5) is 14.4. The first-order chi connectivity index (χ1) is 14.4. The van der Waals surface area contributed by atoms with Gasteiger partial charge in [-0.25, -0.2) is 23.1 Å². The standard InChI is InChI=1S/C19H21F3N6O2/c1-19(21,22)16-8-13(2-3-17(16)20)24-9-14(27-23)12-30-18-25-10-15(11-26-18)28-4-6-29-7-5-28/h2-3,8-11H,4-7,12,23H2,1H3. The average molecular weight is 422 g/mol. The van der Waals surface area contributed by atoms with Crippen LogP contribution in [0.2, 0.25) is 0 Å². The number of nitrogens with zero attached hydrogens (tertiary/aromatic N) is 5. The van der Waals surface area contributed by atoms with E-state index in [1.807, 2.05) is 0 Å². The number of aliphatic imine (C=N–C) groups is 1. The van der Waals surface area contributed by atoms with Gasteiger partial charge >= 0.3 is 6.01 Å². The highest BCUT2D eigenvalue weighted by Crippen LogP contribution is 2.31. The summed E-state index contributed by atoms with van der Waals surface area (Å²) in [6, 6.07) is 3.29. The summed E-state index contributed by atoms with van der Waals surface area (Å²) in [7, 11) is 0. The van der Waals surface area contributed by atoms with E-state index in [-0.39, 0.29) is 24.0 Å². The van der Waals surface area contributed by atoms with Crippen molar-refractivity contribution in [2.24, 2.45) is 15.9 Å². The summed E-state index contributed by atoms with van der Waals surface area (Å²) in [5.74, 6) is 0.994. The number of nitrogens with two attached hydrogens (primary N) is 1. The van der Waals surface area contributed by atoms with Crippen LogP contribution in [0.25, 0.3) is 0 Å². The van der Waals surface area contributed by atoms with E-state index in [1.54, 1.807) is 12.4 Å². The van der Waals surface area contributed by atoms with Gasteiger partial charge in [0.2, 0.25) is 0 Å². The molecule has 1 aliphatic rings. The molecule has 160 valence electrons. The van der Waals surface area contributed by atoms with Gasteiger partial charge in [-0.1, -0.05) is 0 Å². The number of morpholine rings is 1. The van der Waals surface area contributed by atoms with E-state index < -0.39 is 17.3 Å². The first-order valence-electron chi connectivity index (χ1n) is 9.13. The van der Waals surface area contributed by atoms with Gasteiger partial charge in [0.25, 0.3) is 5.92 Å². The molecule has 0 unspecified atom stereocenters. The van der Waals surface area contributed by atoms with Gasteiger partial charge in [0.15, 0.2) is 0 Å². The van der Waals surface area contributed by atoms with Gasteiger partial charge in [0.1, 0.15) is 18.1 Å². The monoisotopic (exact) mass is 422 g/mol. The van der Waals surface area contributed by atoms with Crippen LogP contribution in [-0.2, 0) is 10.7 Å². The molecule has 0 saturated carbocycles. The van der Waals surface area contributed by atoms with Crippen LogP contribution in [0.5, 0.6) is 6.01 Å². The maximum atomic E-state index is 13.6. The minimum atomic E-state index is -3.33. The summed E-state index contributed by atoms with van der Waals surface area (Å²) in [5, 5.41) is 3.54. The topological polar surface area (TPSA) is 98.2 Å². The molecule has 2 N–H and O–H groups in total. The van der Waals surface area contributed by atoms with Crippen LogP contribution < -0.4 is 15.5 Å². The lowest BCUT2D eigenvalue weighted by Crippen LogP contribution is -2.36. The van der Waals surface area contributed by atoms with Crippen LogP contribution in [0.1, 0.15) is 12.5 Å². The average Bonchev–Trinajstić information content (AvgIpc) is 2.75. The van der Waals surface area contributed by atoms with E-state index in [0.29, 0.717) is 20.1 Å². The molecular formula is C19H21F3N6O2. The van der Waals surface area contributed by atoms with E-state index in [1.165, 1.54) is 12.3 Å². The van der Waals surface area contributed by atoms with Crippen molar-refractivity contribution in [1.82, 2.24) is 9.97 Å². The Bertz CT molecular complexity index is 909. The molecule has 11 heteroatoms. The number of halogens is 3. The molecule has 3 rings (SSSR count). The number of hydrogen-bond acceptors (Lipinski definition) is 8. The number of rotatable bonds is 7. The first-order valence-corrected chi connectivity index (χ1v) is 9.13. The summed E-state index contributed by atoms with van der Waals surface area (Å²) in [5.41, 5.74) is 0.457. The minimum absolute atomic E-state index is 0.0884. The summed E-state index contributed by atoms with van der Waals surface area (Å²) >= 11 is 0. The number of hydrogen-bond donors (Lipinski definition) is 1. The highest BCUT2D eigenvalue weighted by atomic mass is 19.3. The Balaban J connectivity index is 1.60. The van der Waals surface area contributed by atoms with Gasteiger partial charge in [-0.2, -0.15) is 5.10 Å². The van der Waals surface area contributed by atoms with E-state index in [0.717, 1.165) is 30.9 Å². The molecule has 0 radical (unpaired) electrons. The van der Waals surface area contributed by atoms with Crippen molar-refractivity contribution in [3.05, 3.63) is 42.0 Å². The van der Waals surface area contributed by atoms with Crippen molar-refractivity contribution >= 4 is 23.3 Å². The van der Waals surface area contributed by atoms with Crippen LogP contribution in [0, 0.1) is 5.82 Å². The molecule has 30 heavy (non-hydrogen) atoms. The number of alkyl halides is 2. The van der Waals surface area contributed by atoms with Gasteiger partial charge in [0, 0.05) is 20.0 Å². The Kier molecular flexibility index (Phi) is 6.83. The third-order valence-corrected chi connectivity index (χ3v) is 4.29. The molecule has 2 aromatic rings. The van der Waals surface area contributed by atoms with Crippen molar-refractivity contribution in [2.45, 2.75) is 12.8 Å². The maximum absolute atomic E-state index is 13.6. The predicted molar refractivity (Wildman–Crippen MR) is 106 cm³/mol. The lowest BCUT2D eigenvalue weighted by Gasteiger charge is -2.28. The van der Waals surface area contributed by atoms with Crippen LogP contribution in [-0.4, -0.2) is 54.8 Å². The number of hydrazone groups is 1. The van der Waals surface area contributed by atoms with Gasteiger partial charge in [0.05, 0.1) is 48.8 Å². The predicted octanol–water partition coefficient (Wildman–Crippen LogP) is 2.66. The zero-order valence-electron chi connectivity index (χ0n) is 16.3. The largest absolute Gasteiger partial charge is 0.457 e. The van der Waals surface area contributed by atoms with Crippen molar-refractivity contribution < 1.29 is 22.6 Å². The summed E-state index contributed by atoms with van der Waals surface area (Å²) < 4.78 is 51.2. The number of aromatic nitrogens is 2. The molecule has 0 bridgehead atoms. The third-order valence-electron chi connectivity index (χ3n) is 4.29. The van der Waals surface area contributed by atoms with Crippen molar-refractivity contribution in [3.8, 4) is 6.01 Å².